The molecular formula is C13H15F2NO2. The molecular weight excluding hydrogens is 240 g/mol. The summed E-state index contributed by atoms with van der Waals surface area (Å²) in [6.45, 7) is 1.51. The molecule has 2 rings (SSSR count). The van der Waals surface area contributed by atoms with E-state index in [2.05, 4.69) is 5.32 Å². The Bertz CT molecular complexity index is 431. The minimum atomic E-state index is -1.10. The number of ketones is 1. The second-order valence-corrected chi connectivity index (χ2v) is 4.28. The first-order chi connectivity index (χ1) is 8.68. The molecule has 1 aromatic rings. The fourth-order valence-electron chi connectivity index (χ4n) is 1.95. The van der Waals surface area contributed by atoms with Gasteiger partial charge in [-0.2, -0.15) is 0 Å². The lowest BCUT2D eigenvalue weighted by atomic mass is 10.1. The van der Waals surface area contributed by atoms with E-state index in [4.69, 9.17) is 4.74 Å². The Morgan fingerprint density at radius 2 is 2.06 bits per heavy atom. The molecule has 0 spiro atoms. The van der Waals surface area contributed by atoms with Crippen LogP contribution in [0, 0.1) is 11.6 Å². The molecule has 0 bridgehead atoms. The number of hydrogen-bond acceptors (Lipinski definition) is 3. The van der Waals surface area contributed by atoms with E-state index in [1.54, 1.807) is 0 Å². The van der Waals surface area contributed by atoms with E-state index in [-0.39, 0.29) is 18.3 Å². The van der Waals surface area contributed by atoms with Crippen LogP contribution in [0.1, 0.15) is 23.2 Å². The number of Topliss-reactive ketones (excluding diaryl/α,β-unsaturated/α-hetero) is 1. The van der Waals surface area contributed by atoms with Crippen molar-refractivity contribution in [3.8, 4) is 0 Å². The zero-order chi connectivity index (χ0) is 13.0. The highest BCUT2D eigenvalue weighted by Crippen LogP contribution is 2.13. The molecule has 1 aromatic carbocycles. The minimum Gasteiger partial charge on any atom is -0.370 e. The Kier molecular flexibility index (Phi) is 4.38. The first-order valence-electron chi connectivity index (χ1n) is 5.98. The molecule has 0 unspecified atom stereocenters. The molecule has 0 aliphatic carbocycles. The van der Waals surface area contributed by atoms with E-state index in [1.165, 1.54) is 12.1 Å². The van der Waals surface area contributed by atoms with Crippen LogP contribution in [0.2, 0.25) is 0 Å². The lowest BCUT2D eigenvalue weighted by Crippen LogP contribution is -2.33. The van der Waals surface area contributed by atoms with Gasteiger partial charge in [0.05, 0.1) is 11.7 Å². The summed E-state index contributed by atoms with van der Waals surface area (Å²) in [5, 5.41) is 3.18. The number of benzene rings is 1. The maximum Gasteiger partial charge on any atom is 0.191 e. The van der Waals surface area contributed by atoms with Crippen molar-refractivity contribution < 1.29 is 18.3 Å². The fraction of sp³-hybridized carbons (Fsp3) is 0.462. The van der Waals surface area contributed by atoms with Gasteiger partial charge in [-0.25, -0.2) is 8.78 Å². The van der Waals surface area contributed by atoms with Crippen LogP contribution in [0.25, 0.3) is 0 Å². The molecule has 1 saturated heterocycles. The van der Waals surface area contributed by atoms with E-state index in [0.717, 1.165) is 32.0 Å². The first kappa shape index (κ1) is 13.1. The molecule has 18 heavy (non-hydrogen) atoms. The summed E-state index contributed by atoms with van der Waals surface area (Å²) in [4.78, 5) is 11.7. The van der Waals surface area contributed by atoms with Crippen LogP contribution in [-0.4, -0.2) is 31.6 Å². The molecule has 1 fully saturated rings. The van der Waals surface area contributed by atoms with Gasteiger partial charge in [0.2, 0.25) is 0 Å². The number of rotatable bonds is 4. The molecule has 5 heteroatoms. The summed E-state index contributed by atoms with van der Waals surface area (Å²) in [5.41, 5.74) is -0.246. The van der Waals surface area contributed by atoms with E-state index >= 15 is 0 Å². The monoisotopic (exact) mass is 255 g/mol. The van der Waals surface area contributed by atoms with Crippen molar-refractivity contribution in [2.45, 2.75) is 18.9 Å². The van der Waals surface area contributed by atoms with Crippen molar-refractivity contribution in [3.63, 3.8) is 0 Å². The van der Waals surface area contributed by atoms with Gasteiger partial charge in [0.15, 0.2) is 17.4 Å². The topological polar surface area (TPSA) is 38.3 Å². The van der Waals surface area contributed by atoms with Gasteiger partial charge < -0.3 is 10.1 Å². The third-order valence-corrected chi connectivity index (χ3v) is 2.99. The summed E-state index contributed by atoms with van der Waals surface area (Å²) in [6, 6.07) is 3.57. The average molecular weight is 255 g/mol. The smallest absolute Gasteiger partial charge is 0.191 e. The van der Waals surface area contributed by atoms with Crippen molar-refractivity contribution in [2.75, 3.05) is 19.7 Å². The lowest BCUT2D eigenvalue weighted by Gasteiger charge is -2.22. The number of piperidine rings is 1. The Morgan fingerprint density at radius 3 is 2.78 bits per heavy atom. The lowest BCUT2D eigenvalue weighted by molar-refractivity contribution is 0.0315. The second kappa shape index (κ2) is 6.02. The number of hydrogen-bond donors (Lipinski definition) is 1. The van der Waals surface area contributed by atoms with Gasteiger partial charge in [0.1, 0.15) is 6.61 Å². The fourth-order valence-corrected chi connectivity index (χ4v) is 1.95. The predicted octanol–water partition coefficient (Wildman–Crippen LogP) is 1.92. The summed E-state index contributed by atoms with van der Waals surface area (Å²) >= 11 is 0. The van der Waals surface area contributed by atoms with Crippen molar-refractivity contribution in [1.29, 1.82) is 0 Å². The van der Waals surface area contributed by atoms with Crippen LogP contribution in [0.4, 0.5) is 8.78 Å². The normalized spacial score (nSPS) is 16.8. The Labute approximate surface area is 104 Å². The van der Waals surface area contributed by atoms with Gasteiger partial charge in [-0.15, -0.1) is 0 Å². The van der Waals surface area contributed by atoms with Crippen LogP contribution in [0.3, 0.4) is 0 Å². The number of carbonyl (C=O) groups is 1. The zero-order valence-corrected chi connectivity index (χ0v) is 9.92. The number of nitrogens with one attached hydrogen (secondary N) is 1. The SMILES string of the molecule is O=C(COC1CCNCC1)c1cccc(F)c1F. The van der Waals surface area contributed by atoms with Crippen LogP contribution in [0.15, 0.2) is 18.2 Å². The number of halogens is 2. The molecule has 3 nitrogen and oxygen atoms in total. The average Bonchev–Trinajstić information content (AvgIpc) is 2.40. The first-order valence-corrected chi connectivity index (χ1v) is 5.98. The van der Waals surface area contributed by atoms with Gasteiger partial charge in [-0.05, 0) is 38.1 Å². The maximum absolute atomic E-state index is 13.4. The van der Waals surface area contributed by atoms with Crippen LogP contribution in [-0.2, 0) is 4.74 Å². The van der Waals surface area contributed by atoms with Crippen molar-refractivity contribution in [2.24, 2.45) is 0 Å². The summed E-state index contributed by atoms with van der Waals surface area (Å²) in [6.07, 6.45) is 1.68. The molecule has 0 aromatic heterocycles. The largest absolute Gasteiger partial charge is 0.370 e. The maximum atomic E-state index is 13.4. The number of ether oxygens (including phenoxy) is 1. The van der Waals surface area contributed by atoms with Crippen LogP contribution < -0.4 is 5.32 Å². The predicted molar refractivity (Wildman–Crippen MR) is 62.5 cm³/mol. The van der Waals surface area contributed by atoms with E-state index in [0.29, 0.717) is 0 Å². The summed E-state index contributed by atoms with van der Waals surface area (Å²) < 4.78 is 31.7. The van der Waals surface area contributed by atoms with Crippen molar-refractivity contribution >= 4 is 5.78 Å². The van der Waals surface area contributed by atoms with Crippen molar-refractivity contribution in [1.82, 2.24) is 5.32 Å². The van der Waals surface area contributed by atoms with Crippen LogP contribution >= 0.6 is 0 Å². The molecule has 0 amide bonds. The molecule has 0 saturated carbocycles. The summed E-state index contributed by atoms with van der Waals surface area (Å²) in [5.74, 6) is -2.63. The molecule has 98 valence electrons. The highest BCUT2D eigenvalue weighted by molar-refractivity contribution is 5.97. The Hall–Kier alpha value is -1.33. The third-order valence-electron chi connectivity index (χ3n) is 2.99. The quantitative estimate of drug-likeness (QED) is 0.835. The highest BCUT2D eigenvalue weighted by Gasteiger charge is 2.18. The second-order valence-electron chi connectivity index (χ2n) is 4.28. The molecule has 0 atom stereocenters. The third kappa shape index (κ3) is 3.11. The molecule has 1 aliphatic heterocycles. The van der Waals surface area contributed by atoms with Gasteiger partial charge in [-0.3, -0.25) is 4.79 Å². The summed E-state index contributed by atoms with van der Waals surface area (Å²) in [7, 11) is 0. The van der Waals surface area contributed by atoms with Gasteiger partial charge in [-0.1, -0.05) is 6.07 Å². The van der Waals surface area contributed by atoms with E-state index in [9.17, 15) is 13.6 Å². The minimum absolute atomic E-state index is 0.0202. The van der Waals surface area contributed by atoms with Gasteiger partial charge in [0, 0.05) is 0 Å². The molecule has 1 aliphatic rings. The zero-order valence-electron chi connectivity index (χ0n) is 9.92. The molecule has 1 N–H and O–H groups in total. The number of carbonyl (C=O) groups excluding carboxylic acids is 1. The Morgan fingerprint density at radius 1 is 1.33 bits per heavy atom. The standard InChI is InChI=1S/C13H15F2NO2/c14-11-3-1-2-10(13(11)15)12(17)8-18-9-4-6-16-7-5-9/h1-3,9,16H,4-8H2. The molecule has 0 radical (unpaired) electrons. The Balaban J connectivity index is 1.93. The van der Waals surface area contributed by atoms with Crippen molar-refractivity contribution in [3.05, 3.63) is 35.4 Å². The van der Waals surface area contributed by atoms with E-state index in [1.807, 2.05) is 0 Å². The highest BCUT2D eigenvalue weighted by atomic mass is 19.2. The van der Waals surface area contributed by atoms with Gasteiger partial charge in [0.25, 0.3) is 0 Å². The molecule has 1 heterocycles. The van der Waals surface area contributed by atoms with Gasteiger partial charge >= 0.3 is 0 Å². The van der Waals surface area contributed by atoms with E-state index < -0.39 is 17.4 Å². The van der Waals surface area contributed by atoms with Crippen LogP contribution in [0.5, 0.6) is 0 Å².